The second-order valence-corrected chi connectivity index (χ2v) is 5.03. The third-order valence-electron chi connectivity index (χ3n) is 1.53. The lowest BCUT2D eigenvalue weighted by Crippen LogP contribution is -2.40. The first-order valence-corrected chi connectivity index (χ1v) is 5.12. The Hall–Kier alpha value is -0.450. The van der Waals surface area contributed by atoms with Crippen molar-refractivity contribution in [3.63, 3.8) is 0 Å². The molecule has 0 aliphatic carbocycles. The summed E-state index contributed by atoms with van der Waals surface area (Å²) in [6, 6.07) is -0.524. The highest BCUT2D eigenvalue weighted by atomic mass is 35.6. The van der Waals surface area contributed by atoms with Gasteiger partial charge in [0.15, 0.2) is 0 Å². The number of nitrogens with one attached hydrogen (secondary N) is 1. The van der Waals surface area contributed by atoms with Crippen molar-refractivity contribution in [1.82, 2.24) is 5.32 Å². The smallest absolute Gasteiger partial charge is 0.303 e. The molecule has 0 aromatic heterocycles. The van der Waals surface area contributed by atoms with Crippen molar-refractivity contribution in [2.24, 2.45) is 0 Å². The van der Waals surface area contributed by atoms with Crippen LogP contribution in [0.3, 0.4) is 0 Å². The zero-order chi connectivity index (χ0) is 12.1. The predicted octanol–water partition coefficient (Wildman–Crippen LogP) is 1.89. The quantitative estimate of drug-likeness (QED) is 0.594. The van der Waals surface area contributed by atoms with E-state index in [4.69, 9.17) is 39.9 Å². The molecule has 4 nitrogen and oxygen atoms in total. The minimum absolute atomic E-state index is 0.100. The summed E-state index contributed by atoms with van der Waals surface area (Å²) < 4.78 is -2.05. The molecule has 86 valence electrons. The Bertz CT molecular complexity index is 262. The number of halogens is 3. The van der Waals surface area contributed by atoms with Crippen LogP contribution in [0, 0.1) is 0 Å². The lowest BCUT2D eigenvalue weighted by Gasteiger charge is -2.17. The van der Waals surface area contributed by atoms with Crippen LogP contribution in [0.5, 0.6) is 0 Å². The molecule has 0 bridgehead atoms. The summed E-state index contributed by atoms with van der Waals surface area (Å²) >= 11 is 15.9. The van der Waals surface area contributed by atoms with E-state index in [0.717, 1.165) is 0 Å². The predicted molar refractivity (Wildman–Crippen MR) is 59.3 cm³/mol. The summed E-state index contributed by atoms with van der Waals surface area (Å²) in [5, 5.41) is 10.8. The number of aliphatic carboxylic acids is 1. The molecule has 0 aliphatic rings. The first-order valence-electron chi connectivity index (χ1n) is 3.99. The van der Waals surface area contributed by atoms with Crippen LogP contribution >= 0.6 is 34.8 Å². The fraction of sp³-hybridized carbons (Fsp3) is 0.500. The zero-order valence-corrected chi connectivity index (χ0v) is 9.94. The van der Waals surface area contributed by atoms with E-state index in [0.29, 0.717) is 0 Å². The first-order chi connectivity index (χ1) is 6.77. The lowest BCUT2D eigenvalue weighted by molar-refractivity contribution is -0.137. The molecule has 0 aliphatic heterocycles. The van der Waals surface area contributed by atoms with Crippen LogP contribution in [0.25, 0.3) is 0 Å². The van der Waals surface area contributed by atoms with E-state index in [-0.39, 0.29) is 12.8 Å². The van der Waals surface area contributed by atoms with Crippen molar-refractivity contribution in [2.75, 3.05) is 0 Å². The summed E-state index contributed by atoms with van der Waals surface area (Å²) in [5.74, 6) is -1.77. The van der Waals surface area contributed by atoms with Gasteiger partial charge in [-0.1, -0.05) is 40.9 Å². The second kappa shape index (κ2) is 6.20. The first kappa shape index (κ1) is 14.6. The summed E-state index contributed by atoms with van der Waals surface area (Å²) in [6.45, 7) is 3.44. The van der Waals surface area contributed by atoms with Gasteiger partial charge in [0.1, 0.15) is 0 Å². The van der Waals surface area contributed by atoms with Gasteiger partial charge < -0.3 is 10.4 Å². The van der Waals surface area contributed by atoms with Crippen molar-refractivity contribution >= 4 is 46.7 Å². The van der Waals surface area contributed by atoms with Crippen LogP contribution in [-0.4, -0.2) is 26.8 Å². The molecule has 0 fully saturated rings. The molecule has 1 unspecified atom stereocenters. The van der Waals surface area contributed by atoms with Crippen molar-refractivity contribution in [3.8, 4) is 0 Å². The zero-order valence-electron chi connectivity index (χ0n) is 7.67. The third kappa shape index (κ3) is 6.60. The number of carboxylic acid groups (broad SMARTS) is 1. The SMILES string of the molecule is C=CC(CCC(=O)O)NC(=O)C(Cl)(Cl)Cl. The van der Waals surface area contributed by atoms with Crippen LogP contribution in [0.1, 0.15) is 12.8 Å². The van der Waals surface area contributed by atoms with E-state index in [2.05, 4.69) is 11.9 Å². The maximum Gasteiger partial charge on any atom is 0.303 e. The molecule has 0 spiro atoms. The standard InChI is InChI=1S/C8H10Cl3NO3/c1-2-5(3-4-6(13)14)12-7(15)8(9,10)11/h2,5H,1,3-4H2,(H,12,15)(H,13,14). The molecule has 0 rings (SSSR count). The highest BCUT2D eigenvalue weighted by Crippen LogP contribution is 2.26. The molecule has 0 aromatic rings. The topological polar surface area (TPSA) is 66.4 Å². The Morgan fingerprint density at radius 2 is 2.00 bits per heavy atom. The summed E-state index contributed by atoms with van der Waals surface area (Å²) in [6.07, 6.45) is 1.49. The van der Waals surface area contributed by atoms with E-state index in [1.54, 1.807) is 0 Å². The average Bonchev–Trinajstić information content (AvgIpc) is 2.09. The third-order valence-corrected chi connectivity index (χ3v) is 2.04. The molecular weight excluding hydrogens is 264 g/mol. The largest absolute Gasteiger partial charge is 0.481 e. The van der Waals surface area contributed by atoms with Crippen molar-refractivity contribution in [1.29, 1.82) is 0 Å². The molecule has 0 aromatic carbocycles. The number of carboxylic acids is 1. The molecule has 0 saturated heterocycles. The monoisotopic (exact) mass is 273 g/mol. The van der Waals surface area contributed by atoms with Gasteiger partial charge in [0.2, 0.25) is 0 Å². The lowest BCUT2D eigenvalue weighted by atomic mass is 10.1. The number of hydrogen-bond donors (Lipinski definition) is 2. The molecule has 7 heteroatoms. The normalized spacial score (nSPS) is 13.0. The van der Waals surface area contributed by atoms with Gasteiger partial charge in [-0.2, -0.15) is 0 Å². The Kier molecular flexibility index (Phi) is 6.02. The van der Waals surface area contributed by atoms with Crippen LogP contribution in [0.4, 0.5) is 0 Å². The molecular formula is C8H10Cl3NO3. The fourth-order valence-electron chi connectivity index (χ4n) is 0.778. The van der Waals surface area contributed by atoms with Gasteiger partial charge in [-0.25, -0.2) is 0 Å². The molecule has 1 amide bonds. The van der Waals surface area contributed by atoms with Gasteiger partial charge >= 0.3 is 5.97 Å². The van der Waals surface area contributed by atoms with Gasteiger partial charge in [-0.05, 0) is 6.42 Å². The van der Waals surface area contributed by atoms with Crippen LogP contribution in [0.15, 0.2) is 12.7 Å². The van der Waals surface area contributed by atoms with Crippen molar-refractivity contribution in [3.05, 3.63) is 12.7 Å². The number of alkyl halides is 3. The van der Waals surface area contributed by atoms with E-state index in [1.165, 1.54) is 6.08 Å². The minimum atomic E-state index is -2.05. The van der Waals surface area contributed by atoms with Gasteiger partial charge in [-0.3, -0.25) is 9.59 Å². The Labute approximate surface area is 102 Å². The molecule has 15 heavy (non-hydrogen) atoms. The maximum atomic E-state index is 11.2. The Morgan fingerprint density at radius 1 is 1.47 bits per heavy atom. The van der Waals surface area contributed by atoms with Gasteiger partial charge in [0.05, 0.1) is 0 Å². The molecule has 1 atom stereocenters. The average molecular weight is 275 g/mol. The highest BCUT2D eigenvalue weighted by molar-refractivity contribution is 6.76. The van der Waals surface area contributed by atoms with E-state index >= 15 is 0 Å². The van der Waals surface area contributed by atoms with Crippen molar-refractivity contribution in [2.45, 2.75) is 22.7 Å². The maximum absolute atomic E-state index is 11.2. The van der Waals surface area contributed by atoms with E-state index in [9.17, 15) is 9.59 Å². The number of carbonyl (C=O) groups is 2. The van der Waals surface area contributed by atoms with Crippen LogP contribution < -0.4 is 5.32 Å². The number of amides is 1. The fourth-order valence-corrected chi connectivity index (χ4v) is 0.942. The van der Waals surface area contributed by atoms with Crippen LogP contribution in [0.2, 0.25) is 0 Å². The summed E-state index contributed by atoms with van der Waals surface area (Å²) in [7, 11) is 0. The molecule has 0 radical (unpaired) electrons. The number of hydrogen-bond acceptors (Lipinski definition) is 2. The summed E-state index contributed by atoms with van der Waals surface area (Å²) in [5.41, 5.74) is 0. The molecule has 2 N–H and O–H groups in total. The summed E-state index contributed by atoms with van der Waals surface area (Å²) in [4.78, 5) is 21.5. The number of carbonyl (C=O) groups excluding carboxylic acids is 1. The van der Waals surface area contributed by atoms with Gasteiger partial charge in [0, 0.05) is 12.5 Å². The van der Waals surface area contributed by atoms with Gasteiger partial charge in [0.25, 0.3) is 9.70 Å². The van der Waals surface area contributed by atoms with E-state index < -0.39 is 21.7 Å². The minimum Gasteiger partial charge on any atom is -0.481 e. The Balaban J connectivity index is 4.16. The number of rotatable bonds is 5. The van der Waals surface area contributed by atoms with Crippen LogP contribution in [-0.2, 0) is 9.59 Å². The molecule has 0 saturated carbocycles. The Morgan fingerprint density at radius 3 is 2.33 bits per heavy atom. The molecule has 0 heterocycles. The highest BCUT2D eigenvalue weighted by Gasteiger charge is 2.31. The van der Waals surface area contributed by atoms with Gasteiger partial charge in [-0.15, -0.1) is 6.58 Å². The second-order valence-electron chi connectivity index (χ2n) is 2.75. The van der Waals surface area contributed by atoms with Crippen molar-refractivity contribution < 1.29 is 14.7 Å². The van der Waals surface area contributed by atoms with E-state index in [1.807, 2.05) is 0 Å².